The lowest BCUT2D eigenvalue weighted by Gasteiger charge is -2.23. The van der Waals surface area contributed by atoms with E-state index in [2.05, 4.69) is 10.3 Å². The van der Waals surface area contributed by atoms with E-state index >= 15 is 0 Å². The molecule has 0 spiro atoms. The monoisotopic (exact) mass is 369 g/mol. The van der Waals surface area contributed by atoms with Gasteiger partial charge in [-0.2, -0.15) is 0 Å². The predicted molar refractivity (Wildman–Crippen MR) is 98.3 cm³/mol. The lowest BCUT2D eigenvalue weighted by molar-refractivity contribution is -0.116. The molecular weight excluding hydrogens is 354 g/mol. The number of carbonyl (C=O) groups is 1. The van der Waals surface area contributed by atoms with Crippen LogP contribution in [0.2, 0.25) is 5.02 Å². The van der Waals surface area contributed by atoms with E-state index in [0.717, 1.165) is 16.9 Å². The highest BCUT2D eigenvalue weighted by molar-refractivity contribution is 6.30. The van der Waals surface area contributed by atoms with Gasteiger partial charge in [0.25, 0.3) is 0 Å². The normalized spacial score (nSPS) is 16.1. The first kappa shape index (κ1) is 16.5. The maximum atomic E-state index is 12.3. The molecule has 1 unspecified atom stereocenters. The topological polar surface area (TPSA) is 76.4 Å². The fraction of sp³-hybridized carbons (Fsp3) is 0.158. The molecule has 0 radical (unpaired) electrons. The number of benzene rings is 2. The predicted octanol–water partition coefficient (Wildman–Crippen LogP) is 3.71. The minimum Gasteiger partial charge on any atom is -0.504 e. The van der Waals surface area contributed by atoms with Gasteiger partial charge in [0, 0.05) is 23.0 Å². The first-order valence-electron chi connectivity index (χ1n) is 8.06. The lowest BCUT2D eigenvalue weighted by Crippen LogP contribution is -2.24. The first-order chi connectivity index (χ1) is 12.6. The fourth-order valence-electron chi connectivity index (χ4n) is 3.23. The first-order valence-corrected chi connectivity index (χ1v) is 8.44. The van der Waals surface area contributed by atoms with Crippen molar-refractivity contribution in [3.05, 3.63) is 65.1 Å². The van der Waals surface area contributed by atoms with Crippen molar-refractivity contribution in [1.29, 1.82) is 0 Å². The number of rotatable bonds is 3. The van der Waals surface area contributed by atoms with Crippen LogP contribution < -0.4 is 10.1 Å². The number of nitrogens with zero attached hydrogens (tertiary/aromatic N) is 2. The van der Waals surface area contributed by atoms with Crippen LogP contribution in [0.15, 0.2) is 48.8 Å². The van der Waals surface area contributed by atoms with Crippen LogP contribution in [-0.2, 0) is 4.79 Å². The van der Waals surface area contributed by atoms with E-state index in [4.69, 9.17) is 16.3 Å². The summed E-state index contributed by atoms with van der Waals surface area (Å²) in [5.74, 6) is 0.673. The van der Waals surface area contributed by atoms with Crippen molar-refractivity contribution < 1.29 is 14.6 Å². The molecule has 1 aliphatic heterocycles. The van der Waals surface area contributed by atoms with E-state index in [9.17, 15) is 9.90 Å². The number of fused-ring (bicyclic) bond motifs is 1. The second-order valence-corrected chi connectivity index (χ2v) is 6.50. The Labute approximate surface area is 155 Å². The number of methoxy groups -OCH3 is 1. The average molecular weight is 370 g/mol. The van der Waals surface area contributed by atoms with Gasteiger partial charge < -0.3 is 15.2 Å². The van der Waals surface area contributed by atoms with Gasteiger partial charge >= 0.3 is 0 Å². The van der Waals surface area contributed by atoms with Crippen LogP contribution in [0, 0.1) is 0 Å². The SMILES string of the molecule is COc1ccc(C2CC(=O)Nc3c2ncn3-c2cccc(Cl)c2)cc1O. The zero-order chi connectivity index (χ0) is 18.3. The number of hydrogen-bond acceptors (Lipinski definition) is 4. The number of phenols is 1. The fourth-order valence-corrected chi connectivity index (χ4v) is 3.41. The number of ether oxygens (including phenoxy) is 1. The third-order valence-corrected chi connectivity index (χ3v) is 4.70. The number of nitrogens with one attached hydrogen (secondary N) is 1. The molecule has 0 saturated heterocycles. The number of aromatic nitrogens is 2. The third kappa shape index (κ3) is 2.78. The minimum absolute atomic E-state index is 0.0341. The van der Waals surface area contributed by atoms with Gasteiger partial charge in [0.15, 0.2) is 11.5 Å². The summed E-state index contributed by atoms with van der Waals surface area (Å²) in [6.07, 6.45) is 1.92. The summed E-state index contributed by atoms with van der Waals surface area (Å²) < 4.78 is 6.89. The Morgan fingerprint density at radius 3 is 2.88 bits per heavy atom. The van der Waals surface area contributed by atoms with Gasteiger partial charge in [-0.05, 0) is 35.9 Å². The molecule has 26 heavy (non-hydrogen) atoms. The highest BCUT2D eigenvalue weighted by Gasteiger charge is 2.31. The van der Waals surface area contributed by atoms with Crippen molar-refractivity contribution in [2.24, 2.45) is 0 Å². The van der Waals surface area contributed by atoms with E-state index < -0.39 is 0 Å². The molecule has 2 aromatic carbocycles. The number of phenolic OH excluding ortho intramolecular Hbond substituents is 1. The van der Waals surface area contributed by atoms with E-state index in [1.54, 1.807) is 35.2 Å². The number of carbonyl (C=O) groups excluding carboxylic acids is 1. The summed E-state index contributed by atoms with van der Waals surface area (Å²) >= 11 is 6.08. The Hall–Kier alpha value is -2.99. The molecule has 3 aromatic rings. The average Bonchev–Trinajstić information content (AvgIpc) is 3.04. The number of imidazole rings is 1. The van der Waals surface area contributed by atoms with Crippen LogP contribution >= 0.6 is 11.6 Å². The molecule has 0 fully saturated rings. The molecule has 1 aliphatic rings. The summed E-state index contributed by atoms with van der Waals surface area (Å²) in [6.45, 7) is 0. The summed E-state index contributed by atoms with van der Waals surface area (Å²) in [5.41, 5.74) is 2.36. The summed E-state index contributed by atoms with van der Waals surface area (Å²) in [6, 6.07) is 12.5. The van der Waals surface area contributed by atoms with Crippen LogP contribution in [0.5, 0.6) is 11.5 Å². The van der Waals surface area contributed by atoms with Crippen molar-refractivity contribution in [2.45, 2.75) is 12.3 Å². The molecule has 0 bridgehead atoms. The number of halogens is 1. The molecule has 0 aliphatic carbocycles. The van der Waals surface area contributed by atoms with Crippen LogP contribution in [0.4, 0.5) is 5.82 Å². The highest BCUT2D eigenvalue weighted by atomic mass is 35.5. The molecule has 1 atom stereocenters. The number of hydrogen-bond donors (Lipinski definition) is 2. The van der Waals surface area contributed by atoms with Crippen LogP contribution in [0.3, 0.4) is 0 Å². The Balaban J connectivity index is 1.80. The Kier molecular flexibility index (Phi) is 4.05. The Morgan fingerprint density at radius 2 is 2.15 bits per heavy atom. The van der Waals surface area contributed by atoms with Crippen LogP contribution in [-0.4, -0.2) is 27.7 Å². The van der Waals surface area contributed by atoms with E-state index in [1.165, 1.54) is 7.11 Å². The van der Waals surface area contributed by atoms with E-state index in [0.29, 0.717) is 16.6 Å². The minimum atomic E-state index is -0.254. The van der Waals surface area contributed by atoms with Crippen LogP contribution in [0.1, 0.15) is 23.6 Å². The Bertz CT molecular complexity index is 999. The van der Waals surface area contributed by atoms with E-state index in [1.807, 2.05) is 18.2 Å². The second kappa shape index (κ2) is 6.38. The van der Waals surface area contributed by atoms with E-state index in [-0.39, 0.29) is 24.0 Å². The maximum absolute atomic E-state index is 12.3. The standard InChI is InChI=1S/C19H16ClN3O3/c1-26-16-6-5-11(7-15(16)24)14-9-17(25)22-19-18(14)21-10-23(19)13-4-2-3-12(20)8-13/h2-8,10,14,24H,9H2,1H3,(H,22,25). The quantitative estimate of drug-likeness (QED) is 0.737. The molecule has 1 amide bonds. The smallest absolute Gasteiger partial charge is 0.226 e. The van der Waals surface area contributed by atoms with Crippen molar-refractivity contribution in [3.63, 3.8) is 0 Å². The van der Waals surface area contributed by atoms with Crippen molar-refractivity contribution in [1.82, 2.24) is 9.55 Å². The zero-order valence-electron chi connectivity index (χ0n) is 13.9. The van der Waals surface area contributed by atoms with Gasteiger partial charge in [-0.1, -0.05) is 23.7 Å². The molecule has 1 aromatic heterocycles. The molecule has 132 valence electrons. The number of anilines is 1. The maximum Gasteiger partial charge on any atom is 0.226 e. The van der Waals surface area contributed by atoms with Crippen molar-refractivity contribution in [3.8, 4) is 17.2 Å². The van der Waals surface area contributed by atoms with Gasteiger partial charge in [-0.3, -0.25) is 9.36 Å². The summed E-state index contributed by atoms with van der Waals surface area (Å²) in [5, 5.41) is 13.6. The summed E-state index contributed by atoms with van der Waals surface area (Å²) in [4.78, 5) is 16.8. The van der Waals surface area contributed by atoms with Crippen LogP contribution in [0.25, 0.3) is 5.69 Å². The zero-order valence-corrected chi connectivity index (χ0v) is 14.7. The molecule has 7 heteroatoms. The van der Waals surface area contributed by atoms with Gasteiger partial charge in [-0.15, -0.1) is 0 Å². The lowest BCUT2D eigenvalue weighted by atomic mass is 9.89. The number of aromatic hydroxyl groups is 1. The summed E-state index contributed by atoms with van der Waals surface area (Å²) in [7, 11) is 1.49. The molecular formula is C19H16ClN3O3. The van der Waals surface area contributed by atoms with Crippen molar-refractivity contribution in [2.75, 3.05) is 12.4 Å². The second-order valence-electron chi connectivity index (χ2n) is 6.06. The molecule has 2 heterocycles. The van der Waals surface area contributed by atoms with Gasteiger partial charge in [0.2, 0.25) is 5.91 Å². The molecule has 4 rings (SSSR count). The largest absolute Gasteiger partial charge is 0.504 e. The highest BCUT2D eigenvalue weighted by Crippen LogP contribution is 2.39. The van der Waals surface area contributed by atoms with Gasteiger partial charge in [0.1, 0.15) is 12.1 Å². The van der Waals surface area contributed by atoms with Gasteiger partial charge in [0.05, 0.1) is 12.8 Å². The van der Waals surface area contributed by atoms with Gasteiger partial charge in [-0.25, -0.2) is 4.98 Å². The third-order valence-electron chi connectivity index (χ3n) is 4.46. The molecule has 6 nitrogen and oxygen atoms in total. The van der Waals surface area contributed by atoms with Crippen molar-refractivity contribution >= 4 is 23.3 Å². The Morgan fingerprint density at radius 1 is 1.31 bits per heavy atom. The number of amides is 1. The molecule has 0 saturated carbocycles. The molecule has 2 N–H and O–H groups in total.